The number of amides is 1. The quantitative estimate of drug-likeness (QED) is 0.688. The van der Waals surface area contributed by atoms with Gasteiger partial charge >= 0.3 is 6.09 Å². The molecule has 1 N–H and O–H groups in total. The lowest BCUT2D eigenvalue weighted by atomic mass is 10.0. The smallest absolute Gasteiger partial charge is 0.407 e. The maximum absolute atomic E-state index is 10.6. The van der Waals surface area contributed by atoms with Crippen LogP contribution in [0.5, 0.6) is 0 Å². The van der Waals surface area contributed by atoms with Gasteiger partial charge in [-0.1, -0.05) is 15.9 Å². The summed E-state index contributed by atoms with van der Waals surface area (Å²) in [6, 6.07) is 0.196. The summed E-state index contributed by atoms with van der Waals surface area (Å²) in [6.45, 7) is 0.700. The van der Waals surface area contributed by atoms with E-state index in [1.54, 1.807) is 0 Å². The van der Waals surface area contributed by atoms with Gasteiger partial charge in [-0.2, -0.15) is 0 Å². The highest BCUT2D eigenvalue weighted by atomic mass is 79.9. The van der Waals surface area contributed by atoms with Crippen molar-refractivity contribution in [1.82, 2.24) is 4.90 Å². The molecule has 1 aliphatic rings. The minimum absolute atomic E-state index is 0.196. The van der Waals surface area contributed by atoms with Crippen LogP contribution in [0.25, 0.3) is 0 Å². The predicted octanol–water partition coefficient (Wildman–Crippen LogP) is 1.91. The number of likely N-dealkylation sites (tertiary alicyclic amines) is 1. The Morgan fingerprint density at radius 1 is 1.64 bits per heavy atom. The van der Waals surface area contributed by atoms with Gasteiger partial charge in [-0.05, 0) is 19.3 Å². The van der Waals surface area contributed by atoms with Crippen LogP contribution in [0.1, 0.15) is 19.3 Å². The van der Waals surface area contributed by atoms with E-state index in [0.29, 0.717) is 6.54 Å². The number of piperidine rings is 1. The van der Waals surface area contributed by atoms with Crippen molar-refractivity contribution in [3.63, 3.8) is 0 Å². The van der Waals surface area contributed by atoms with E-state index in [1.165, 1.54) is 4.90 Å². The maximum atomic E-state index is 10.6. The molecule has 4 heteroatoms. The molecule has 1 amide bonds. The second-order valence-corrected chi connectivity index (χ2v) is 3.43. The first-order valence-electron chi connectivity index (χ1n) is 3.81. The topological polar surface area (TPSA) is 40.5 Å². The lowest BCUT2D eigenvalue weighted by molar-refractivity contribution is 0.114. The van der Waals surface area contributed by atoms with E-state index in [4.69, 9.17) is 5.11 Å². The number of carbonyl (C=O) groups is 1. The third-order valence-electron chi connectivity index (χ3n) is 2.05. The van der Waals surface area contributed by atoms with Crippen molar-refractivity contribution in [2.75, 3.05) is 11.9 Å². The van der Waals surface area contributed by atoms with Crippen LogP contribution < -0.4 is 0 Å². The molecule has 0 radical (unpaired) electrons. The van der Waals surface area contributed by atoms with E-state index < -0.39 is 6.09 Å². The van der Waals surface area contributed by atoms with Crippen molar-refractivity contribution in [2.45, 2.75) is 25.3 Å². The van der Waals surface area contributed by atoms with Crippen molar-refractivity contribution in [1.29, 1.82) is 0 Å². The minimum atomic E-state index is -0.783. The zero-order valence-corrected chi connectivity index (χ0v) is 7.88. The second-order valence-electron chi connectivity index (χ2n) is 2.78. The summed E-state index contributed by atoms with van der Waals surface area (Å²) in [5.74, 6) is 0. The van der Waals surface area contributed by atoms with E-state index in [9.17, 15) is 4.79 Å². The average Bonchev–Trinajstić information content (AvgIpc) is 2.04. The van der Waals surface area contributed by atoms with Gasteiger partial charge in [0.25, 0.3) is 0 Å². The van der Waals surface area contributed by atoms with E-state index in [0.717, 1.165) is 24.6 Å². The maximum Gasteiger partial charge on any atom is 0.407 e. The molecule has 1 fully saturated rings. The molecule has 1 atom stereocenters. The molecule has 0 aromatic carbocycles. The Morgan fingerprint density at radius 2 is 2.36 bits per heavy atom. The first-order valence-corrected chi connectivity index (χ1v) is 4.93. The van der Waals surface area contributed by atoms with E-state index in [-0.39, 0.29) is 6.04 Å². The van der Waals surface area contributed by atoms with Gasteiger partial charge in [0.15, 0.2) is 0 Å². The number of halogens is 1. The lowest BCUT2D eigenvalue weighted by Crippen LogP contribution is -2.43. The van der Waals surface area contributed by atoms with Crippen LogP contribution >= 0.6 is 15.9 Å². The fourth-order valence-electron chi connectivity index (χ4n) is 1.41. The Labute approximate surface area is 74.5 Å². The van der Waals surface area contributed by atoms with Gasteiger partial charge in [0.2, 0.25) is 0 Å². The fraction of sp³-hybridized carbons (Fsp3) is 0.857. The Balaban J connectivity index is 2.51. The molecule has 11 heavy (non-hydrogen) atoms. The zero-order chi connectivity index (χ0) is 8.27. The summed E-state index contributed by atoms with van der Waals surface area (Å²) in [7, 11) is 0. The van der Waals surface area contributed by atoms with Crippen LogP contribution in [-0.4, -0.2) is 34.0 Å². The molecule has 0 bridgehead atoms. The van der Waals surface area contributed by atoms with Crippen LogP contribution in [0, 0.1) is 0 Å². The number of hydrogen-bond acceptors (Lipinski definition) is 1. The molecule has 0 spiro atoms. The molecule has 0 aromatic heterocycles. The van der Waals surface area contributed by atoms with Crippen LogP contribution in [0.15, 0.2) is 0 Å². The monoisotopic (exact) mass is 221 g/mol. The highest BCUT2D eigenvalue weighted by Gasteiger charge is 2.24. The largest absolute Gasteiger partial charge is 0.465 e. The van der Waals surface area contributed by atoms with Crippen molar-refractivity contribution >= 4 is 22.0 Å². The molecule has 3 nitrogen and oxygen atoms in total. The Bertz CT molecular complexity index is 151. The summed E-state index contributed by atoms with van der Waals surface area (Å²) < 4.78 is 0. The summed E-state index contributed by atoms with van der Waals surface area (Å²) in [6.07, 6.45) is 2.38. The molecule has 0 saturated carbocycles. The normalized spacial score (nSPS) is 25.2. The van der Waals surface area contributed by atoms with Crippen molar-refractivity contribution < 1.29 is 9.90 Å². The predicted molar refractivity (Wildman–Crippen MR) is 46.2 cm³/mol. The highest BCUT2D eigenvalue weighted by molar-refractivity contribution is 9.09. The third-order valence-corrected chi connectivity index (χ3v) is 2.80. The standard InChI is InChI=1S/C7H12BrNO2/c8-5-6-3-1-2-4-9(6)7(10)11/h6H,1-5H2,(H,10,11). The summed E-state index contributed by atoms with van der Waals surface area (Å²) in [5, 5.41) is 9.51. The Kier molecular flexibility index (Phi) is 3.17. The van der Waals surface area contributed by atoms with Crippen molar-refractivity contribution in [3.8, 4) is 0 Å². The molecule has 1 aliphatic heterocycles. The molecule has 0 aromatic rings. The molecule has 1 rings (SSSR count). The van der Waals surface area contributed by atoms with Gasteiger partial charge in [-0.25, -0.2) is 4.79 Å². The van der Waals surface area contributed by atoms with E-state index in [2.05, 4.69) is 15.9 Å². The highest BCUT2D eigenvalue weighted by Crippen LogP contribution is 2.18. The SMILES string of the molecule is O=C(O)N1CCCCC1CBr. The van der Waals surface area contributed by atoms with Gasteiger partial charge in [0.1, 0.15) is 0 Å². The Hall–Kier alpha value is -0.250. The first-order chi connectivity index (χ1) is 5.25. The van der Waals surface area contributed by atoms with Crippen LogP contribution in [0.4, 0.5) is 4.79 Å². The van der Waals surface area contributed by atoms with Crippen LogP contribution in [-0.2, 0) is 0 Å². The summed E-state index contributed by atoms with van der Waals surface area (Å²) >= 11 is 3.31. The molecule has 64 valence electrons. The Morgan fingerprint density at radius 3 is 2.82 bits per heavy atom. The number of rotatable bonds is 1. The van der Waals surface area contributed by atoms with Crippen LogP contribution in [0.3, 0.4) is 0 Å². The van der Waals surface area contributed by atoms with Gasteiger partial charge in [-0.15, -0.1) is 0 Å². The third kappa shape index (κ3) is 2.09. The summed E-state index contributed by atoms with van der Waals surface area (Å²) in [5.41, 5.74) is 0. The van der Waals surface area contributed by atoms with Crippen molar-refractivity contribution in [3.05, 3.63) is 0 Å². The number of hydrogen-bond donors (Lipinski definition) is 1. The summed E-state index contributed by atoms with van der Waals surface area (Å²) in [4.78, 5) is 12.2. The number of nitrogens with zero attached hydrogens (tertiary/aromatic N) is 1. The average molecular weight is 222 g/mol. The zero-order valence-electron chi connectivity index (χ0n) is 6.29. The van der Waals surface area contributed by atoms with Crippen LogP contribution in [0.2, 0.25) is 0 Å². The molecular formula is C7H12BrNO2. The first kappa shape index (κ1) is 8.84. The molecule has 1 unspecified atom stereocenters. The fourth-order valence-corrected chi connectivity index (χ4v) is 2.09. The van der Waals surface area contributed by atoms with E-state index >= 15 is 0 Å². The van der Waals surface area contributed by atoms with Crippen molar-refractivity contribution in [2.24, 2.45) is 0 Å². The van der Waals surface area contributed by atoms with Gasteiger partial charge in [0.05, 0.1) is 0 Å². The molecule has 1 heterocycles. The van der Waals surface area contributed by atoms with Gasteiger partial charge in [0, 0.05) is 17.9 Å². The number of alkyl halides is 1. The molecule has 0 aliphatic carbocycles. The van der Waals surface area contributed by atoms with Gasteiger partial charge < -0.3 is 10.0 Å². The lowest BCUT2D eigenvalue weighted by Gasteiger charge is -2.32. The van der Waals surface area contributed by atoms with E-state index in [1.807, 2.05) is 0 Å². The van der Waals surface area contributed by atoms with Gasteiger partial charge in [-0.3, -0.25) is 0 Å². The molecular weight excluding hydrogens is 210 g/mol. The minimum Gasteiger partial charge on any atom is -0.465 e. The second kappa shape index (κ2) is 3.95. The molecule has 1 saturated heterocycles. The number of carboxylic acid groups (broad SMARTS) is 1.